The van der Waals surface area contributed by atoms with Crippen LogP contribution in [-0.4, -0.2) is 49.1 Å². The van der Waals surface area contributed by atoms with Crippen molar-refractivity contribution in [3.05, 3.63) is 35.6 Å². The summed E-state index contributed by atoms with van der Waals surface area (Å²) >= 11 is 0. The summed E-state index contributed by atoms with van der Waals surface area (Å²) in [5, 5.41) is 3.08. The van der Waals surface area contributed by atoms with Crippen molar-refractivity contribution < 1.29 is 18.7 Å². The van der Waals surface area contributed by atoms with E-state index in [4.69, 9.17) is 4.74 Å². The molecule has 1 aromatic rings. The maximum atomic E-state index is 13.2. The number of hydrogen-bond acceptors (Lipinski definition) is 4. The van der Waals surface area contributed by atoms with Gasteiger partial charge in [-0.1, -0.05) is 12.1 Å². The Morgan fingerprint density at radius 1 is 1.48 bits per heavy atom. The smallest absolute Gasteiger partial charge is 0.330 e. The van der Waals surface area contributed by atoms with Crippen LogP contribution < -0.4 is 5.32 Å². The van der Waals surface area contributed by atoms with E-state index in [2.05, 4.69) is 5.32 Å². The van der Waals surface area contributed by atoms with E-state index in [0.29, 0.717) is 25.2 Å². The average Bonchev–Trinajstić information content (AvgIpc) is 2.47. The number of benzene rings is 1. The highest BCUT2D eigenvalue weighted by Crippen LogP contribution is 2.11. The molecular weight excluding hydrogens is 275 g/mol. The summed E-state index contributed by atoms with van der Waals surface area (Å²) in [6, 6.07) is 5.32. The molecule has 1 atom stereocenters. The van der Waals surface area contributed by atoms with E-state index in [1.807, 2.05) is 0 Å². The van der Waals surface area contributed by atoms with Crippen molar-refractivity contribution in [1.29, 1.82) is 0 Å². The molecule has 21 heavy (non-hydrogen) atoms. The van der Waals surface area contributed by atoms with Crippen LogP contribution in [0.5, 0.6) is 0 Å². The minimum absolute atomic E-state index is 0.0770. The van der Waals surface area contributed by atoms with Gasteiger partial charge < -0.3 is 15.0 Å². The van der Waals surface area contributed by atoms with Gasteiger partial charge in [0.05, 0.1) is 13.0 Å². The third-order valence-corrected chi connectivity index (χ3v) is 3.37. The predicted molar refractivity (Wildman–Crippen MR) is 75.1 cm³/mol. The Morgan fingerprint density at radius 2 is 2.29 bits per heavy atom. The monoisotopic (exact) mass is 294 g/mol. The Morgan fingerprint density at radius 3 is 3.00 bits per heavy atom. The van der Waals surface area contributed by atoms with Crippen LogP contribution >= 0.6 is 0 Å². The van der Waals surface area contributed by atoms with Gasteiger partial charge >= 0.3 is 5.97 Å². The highest BCUT2D eigenvalue weighted by Gasteiger charge is 2.32. The number of ether oxygens (including phenoxy) is 1. The second-order valence-corrected chi connectivity index (χ2v) is 4.87. The van der Waals surface area contributed by atoms with E-state index in [-0.39, 0.29) is 24.8 Å². The number of rotatable bonds is 4. The van der Waals surface area contributed by atoms with Crippen LogP contribution in [0.2, 0.25) is 0 Å². The van der Waals surface area contributed by atoms with E-state index in [0.717, 1.165) is 0 Å². The fraction of sp³-hybridized carbons (Fsp3) is 0.467. The number of nitrogens with zero attached hydrogens (tertiary/aromatic N) is 1. The lowest BCUT2D eigenvalue weighted by atomic mass is 10.1. The zero-order valence-corrected chi connectivity index (χ0v) is 12.0. The fourth-order valence-corrected chi connectivity index (χ4v) is 2.37. The predicted octanol–water partition coefficient (Wildman–Crippen LogP) is 0.732. The van der Waals surface area contributed by atoms with Gasteiger partial charge in [0.1, 0.15) is 11.9 Å². The van der Waals surface area contributed by atoms with Crippen molar-refractivity contribution in [2.24, 2.45) is 0 Å². The minimum Gasteiger partial charge on any atom is -0.464 e. The molecule has 0 aliphatic carbocycles. The topological polar surface area (TPSA) is 58.6 Å². The Hall–Kier alpha value is -1.95. The highest BCUT2D eigenvalue weighted by molar-refractivity contribution is 5.86. The number of carbonyl (C=O) groups excluding carboxylic acids is 2. The lowest BCUT2D eigenvalue weighted by Gasteiger charge is -2.34. The first-order valence-electron chi connectivity index (χ1n) is 7.03. The molecule has 0 spiro atoms. The van der Waals surface area contributed by atoms with Gasteiger partial charge in [0.15, 0.2) is 0 Å². The first kappa shape index (κ1) is 15.4. The van der Waals surface area contributed by atoms with Crippen LogP contribution in [0.15, 0.2) is 24.3 Å². The summed E-state index contributed by atoms with van der Waals surface area (Å²) < 4.78 is 18.2. The lowest BCUT2D eigenvalue weighted by Crippen LogP contribution is -2.57. The number of piperazine rings is 1. The van der Waals surface area contributed by atoms with Gasteiger partial charge in [-0.05, 0) is 24.6 Å². The Kier molecular flexibility index (Phi) is 5.27. The molecule has 6 heteroatoms. The van der Waals surface area contributed by atoms with Gasteiger partial charge in [-0.2, -0.15) is 0 Å². The van der Waals surface area contributed by atoms with Gasteiger partial charge in [0.2, 0.25) is 5.91 Å². The molecule has 5 nitrogen and oxygen atoms in total. The van der Waals surface area contributed by atoms with Gasteiger partial charge in [0.25, 0.3) is 0 Å². The normalized spacial score (nSPS) is 18.4. The van der Waals surface area contributed by atoms with Crippen molar-refractivity contribution in [2.75, 3.05) is 26.2 Å². The largest absolute Gasteiger partial charge is 0.464 e. The molecule has 0 radical (unpaired) electrons. The molecule has 1 N–H and O–H groups in total. The van der Waals surface area contributed by atoms with Crippen molar-refractivity contribution in [2.45, 2.75) is 19.4 Å². The lowest BCUT2D eigenvalue weighted by molar-refractivity contribution is -0.155. The second-order valence-electron chi connectivity index (χ2n) is 4.87. The van der Waals surface area contributed by atoms with Gasteiger partial charge in [-0.15, -0.1) is 0 Å². The van der Waals surface area contributed by atoms with Crippen LogP contribution in [-0.2, 0) is 20.7 Å². The average molecular weight is 294 g/mol. The Labute approximate surface area is 123 Å². The molecule has 2 rings (SSSR count). The SMILES string of the molecule is CCOC(=O)C1CNCCN1C(=O)Cc1cccc(F)c1. The maximum Gasteiger partial charge on any atom is 0.330 e. The standard InChI is InChI=1S/C15H19FN2O3/c1-2-21-15(20)13-10-17-6-7-18(13)14(19)9-11-4-3-5-12(16)8-11/h3-5,8,13,17H,2,6-7,9-10H2,1H3. The zero-order valence-electron chi connectivity index (χ0n) is 12.0. The summed E-state index contributed by atoms with van der Waals surface area (Å²) in [6.45, 7) is 3.46. The van der Waals surface area contributed by atoms with E-state index in [1.165, 1.54) is 17.0 Å². The highest BCUT2D eigenvalue weighted by atomic mass is 19.1. The maximum absolute atomic E-state index is 13.2. The number of carbonyl (C=O) groups is 2. The molecule has 1 aliphatic rings. The quantitative estimate of drug-likeness (QED) is 0.832. The first-order chi connectivity index (χ1) is 10.1. The molecule has 1 saturated heterocycles. The third kappa shape index (κ3) is 4.01. The molecule has 1 unspecified atom stereocenters. The van der Waals surface area contributed by atoms with Gasteiger partial charge in [-0.25, -0.2) is 9.18 Å². The van der Waals surface area contributed by atoms with Crippen LogP contribution in [0.1, 0.15) is 12.5 Å². The fourth-order valence-electron chi connectivity index (χ4n) is 2.37. The Bertz CT molecular complexity index is 521. The number of hydrogen-bond donors (Lipinski definition) is 1. The van der Waals surface area contributed by atoms with Crippen LogP contribution in [0, 0.1) is 5.82 Å². The summed E-state index contributed by atoms with van der Waals surface area (Å²) in [4.78, 5) is 25.8. The van der Waals surface area contributed by atoms with Crippen molar-refractivity contribution in [3.63, 3.8) is 0 Å². The van der Waals surface area contributed by atoms with E-state index in [9.17, 15) is 14.0 Å². The molecule has 1 amide bonds. The van der Waals surface area contributed by atoms with Gasteiger partial charge in [0, 0.05) is 19.6 Å². The van der Waals surface area contributed by atoms with Gasteiger partial charge in [-0.3, -0.25) is 4.79 Å². The summed E-state index contributed by atoms with van der Waals surface area (Å²) in [7, 11) is 0. The molecule has 114 valence electrons. The molecule has 0 saturated carbocycles. The van der Waals surface area contributed by atoms with E-state index < -0.39 is 12.0 Å². The van der Waals surface area contributed by atoms with E-state index in [1.54, 1.807) is 19.1 Å². The van der Waals surface area contributed by atoms with Crippen LogP contribution in [0.25, 0.3) is 0 Å². The molecule has 1 aromatic carbocycles. The number of halogens is 1. The number of esters is 1. The molecule has 0 bridgehead atoms. The van der Waals surface area contributed by atoms with Crippen LogP contribution in [0.3, 0.4) is 0 Å². The molecule has 1 heterocycles. The molecule has 0 aromatic heterocycles. The summed E-state index contributed by atoms with van der Waals surface area (Å²) in [6.07, 6.45) is 0.0770. The minimum atomic E-state index is -0.611. The van der Waals surface area contributed by atoms with Crippen molar-refractivity contribution in [1.82, 2.24) is 10.2 Å². The molecule has 1 fully saturated rings. The van der Waals surface area contributed by atoms with Crippen LogP contribution in [0.4, 0.5) is 4.39 Å². The number of amides is 1. The van der Waals surface area contributed by atoms with Crippen molar-refractivity contribution >= 4 is 11.9 Å². The molecule has 1 aliphatic heterocycles. The second kappa shape index (κ2) is 7.17. The zero-order chi connectivity index (χ0) is 15.2. The Balaban J connectivity index is 2.06. The van der Waals surface area contributed by atoms with E-state index >= 15 is 0 Å². The summed E-state index contributed by atoms with van der Waals surface area (Å²) in [5.41, 5.74) is 0.598. The number of nitrogens with one attached hydrogen (secondary N) is 1. The third-order valence-electron chi connectivity index (χ3n) is 3.37. The summed E-state index contributed by atoms with van der Waals surface area (Å²) in [5.74, 6) is -0.972. The first-order valence-corrected chi connectivity index (χ1v) is 7.03. The van der Waals surface area contributed by atoms with Crippen molar-refractivity contribution in [3.8, 4) is 0 Å². The molecular formula is C15H19FN2O3.